The van der Waals surface area contributed by atoms with E-state index in [1.54, 1.807) is 4.72 Å². The Bertz CT molecular complexity index is 1250. The molecular formula is C9H11N3O15S4. The topological polar surface area (TPSA) is 280 Å². The Kier molecular flexibility index (Phi) is 7.77. The minimum Gasteiger partial charge on any atom is -0.449 e. The monoisotopic (exact) mass is 529 g/mol. The van der Waals surface area contributed by atoms with Gasteiger partial charge in [0.15, 0.2) is 0 Å². The lowest BCUT2D eigenvalue weighted by Gasteiger charge is -2.26. The third-order valence-corrected chi connectivity index (χ3v) is 7.04. The largest absolute Gasteiger partial charge is 0.523 e. The molecule has 1 aromatic carbocycles. The first-order valence-electron chi connectivity index (χ1n) is 6.81. The molecule has 0 fully saturated rings. The van der Waals surface area contributed by atoms with Crippen LogP contribution in [0.1, 0.15) is 0 Å². The summed E-state index contributed by atoms with van der Waals surface area (Å²) in [4.78, 5) is 21.7. The van der Waals surface area contributed by atoms with E-state index < -0.39 is 63.2 Å². The van der Waals surface area contributed by atoms with E-state index in [4.69, 9.17) is 15.4 Å². The van der Waals surface area contributed by atoms with Crippen LogP contribution in [0.5, 0.6) is 0 Å². The van der Waals surface area contributed by atoms with Gasteiger partial charge in [-0.2, -0.15) is 38.0 Å². The molecule has 2 amide bonds. The highest BCUT2D eigenvalue weighted by Crippen LogP contribution is 2.20. The molecule has 0 saturated heterocycles. The molecule has 0 aliphatic carbocycles. The van der Waals surface area contributed by atoms with Crippen molar-refractivity contribution < 1.29 is 64.9 Å². The maximum atomic E-state index is 12.3. The van der Waals surface area contributed by atoms with Crippen LogP contribution in [-0.4, -0.2) is 65.4 Å². The number of anilines is 1. The van der Waals surface area contributed by atoms with Gasteiger partial charge in [-0.15, -0.1) is 0 Å². The fourth-order valence-electron chi connectivity index (χ4n) is 1.57. The lowest BCUT2D eigenvalue weighted by molar-refractivity contribution is 0.135. The van der Waals surface area contributed by atoms with Crippen molar-refractivity contribution in [3.63, 3.8) is 0 Å². The smallest absolute Gasteiger partial charge is 0.449 e. The van der Waals surface area contributed by atoms with Crippen LogP contribution in [0.4, 0.5) is 15.3 Å². The Labute approximate surface area is 174 Å². The first-order chi connectivity index (χ1) is 13.9. The lowest BCUT2D eigenvalue weighted by atomic mass is 10.3. The van der Waals surface area contributed by atoms with E-state index in [1.807, 2.05) is 0 Å². The van der Waals surface area contributed by atoms with Crippen molar-refractivity contribution in [2.75, 3.05) is 4.72 Å². The average molecular weight is 529 g/mol. The number of amides is 2. The van der Waals surface area contributed by atoms with E-state index >= 15 is 0 Å². The summed E-state index contributed by atoms with van der Waals surface area (Å²) in [7, 11) is -23.7. The minimum atomic E-state index is -6.24. The second kappa shape index (κ2) is 9.16. The molecule has 0 spiro atoms. The van der Waals surface area contributed by atoms with Crippen LogP contribution in [0.3, 0.4) is 0 Å². The van der Waals surface area contributed by atoms with E-state index in [0.29, 0.717) is 0 Å². The fraction of sp³-hybridized carbons (Fsp3) is 0.111. The molecule has 0 aliphatic heterocycles. The Morgan fingerprint density at radius 1 is 0.968 bits per heavy atom. The van der Waals surface area contributed by atoms with Gasteiger partial charge < -0.3 is 10.8 Å². The van der Waals surface area contributed by atoms with E-state index in [-0.39, 0.29) is 5.69 Å². The number of para-hydroxylation sites is 1. The Hall–Kier alpha value is -2.76. The molecule has 1 atom stereocenters. The van der Waals surface area contributed by atoms with E-state index in [2.05, 4.69) is 12.0 Å². The molecule has 0 radical (unpaired) electrons. The van der Waals surface area contributed by atoms with Gasteiger partial charge in [0.05, 0.1) is 5.69 Å². The molecule has 5 N–H and O–H groups in total. The molecule has 0 aliphatic rings. The van der Waals surface area contributed by atoms with Crippen LogP contribution in [0, 0.1) is 0 Å². The highest BCUT2D eigenvalue weighted by Gasteiger charge is 2.46. The van der Waals surface area contributed by atoms with Gasteiger partial charge in [-0.25, -0.2) is 13.8 Å². The number of nitrogens with two attached hydrogens (primary N) is 1. The number of carboxylic acid groups (broad SMARTS) is 1. The van der Waals surface area contributed by atoms with Gasteiger partial charge in [-0.05, 0) is 12.1 Å². The number of hydrogen-bond acceptors (Lipinski definition) is 13. The number of hydrogen-bond donors (Lipinski definition) is 4. The fourth-order valence-corrected chi connectivity index (χ4v) is 5.88. The summed E-state index contributed by atoms with van der Waals surface area (Å²) in [6.45, 7) is 0. The average Bonchev–Trinajstić information content (AvgIpc) is 2.50. The van der Waals surface area contributed by atoms with Gasteiger partial charge in [0.25, 0.3) is 5.56 Å². The van der Waals surface area contributed by atoms with Gasteiger partial charge in [-0.3, -0.25) is 13.5 Å². The highest BCUT2D eigenvalue weighted by atomic mass is 32.3. The van der Waals surface area contributed by atoms with Gasteiger partial charge >= 0.3 is 53.3 Å². The molecule has 1 rings (SSSR count). The van der Waals surface area contributed by atoms with Crippen LogP contribution in [0.15, 0.2) is 30.3 Å². The van der Waals surface area contributed by atoms with Crippen LogP contribution in [0.2, 0.25) is 0 Å². The number of primary amides is 1. The molecule has 0 aromatic heterocycles. The number of carbonyl (C=O) groups is 2. The summed E-state index contributed by atoms with van der Waals surface area (Å²) in [6, 6.07) is 3.96. The molecule has 31 heavy (non-hydrogen) atoms. The third kappa shape index (κ3) is 8.12. The molecule has 1 unspecified atom stereocenters. The third-order valence-electron chi connectivity index (χ3n) is 2.48. The van der Waals surface area contributed by atoms with Crippen molar-refractivity contribution >= 4 is 59.0 Å². The number of nitrogens with zero attached hydrogens (tertiary/aromatic N) is 1. The van der Waals surface area contributed by atoms with Gasteiger partial charge in [0.1, 0.15) is 0 Å². The summed E-state index contributed by atoms with van der Waals surface area (Å²) in [5, 5.41) is 8.16. The Balaban J connectivity index is 3.41. The van der Waals surface area contributed by atoms with Crippen LogP contribution < -0.4 is 10.5 Å². The van der Waals surface area contributed by atoms with Gasteiger partial charge in [-0.1, -0.05) is 21.8 Å². The number of rotatable bonds is 10. The molecule has 0 saturated carbocycles. The quantitative estimate of drug-likeness (QED) is 0.190. The number of urea groups is 1. The predicted octanol–water partition coefficient (Wildman–Crippen LogP) is -1.89. The lowest BCUT2D eigenvalue weighted by Crippen LogP contribution is -2.54. The van der Waals surface area contributed by atoms with E-state index in [9.17, 15) is 43.3 Å². The minimum absolute atomic E-state index is 0.306. The van der Waals surface area contributed by atoms with Crippen molar-refractivity contribution in [2.24, 2.45) is 5.73 Å². The molecule has 0 heterocycles. The molecule has 176 valence electrons. The summed E-state index contributed by atoms with van der Waals surface area (Å²) in [6.07, 6.45) is -2.59. The Morgan fingerprint density at radius 3 is 1.90 bits per heavy atom. The predicted molar refractivity (Wildman–Crippen MR) is 94.9 cm³/mol. The summed E-state index contributed by atoms with van der Waals surface area (Å²) >= 11 is 0. The molecular weight excluding hydrogens is 518 g/mol. The standard InChI is InChI=1S/C9H11N3O15S4/c10-7(13)12(29(19,20)11-6-4-2-1-3-5-6)8(28(16,17)18)25-30(21,22)27-31(23,24)26-9(14)15/h1-5,8,11H,(H2,10,13)(H,14,15)(H,16,17,18). The highest BCUT2D eigenvalue weighted by molar-refractivity contribution is 7.96. The first-order valence-corrected chi connectivity index (χ1v) is 12.4. The number of nitrogens with one attached hydrogen (secondary N) is 1. The Morgan fingerprint density at radius 2 is 1.48 bits per heavy atom. The maximum Gasteiger partial charge on any atom is 0.523 e. The van der Waals surface area contributed by atoms with Gasteiger partial charge in [0, 0.05) is 0 Å². The van der Waals surface area contributed by atoms with E-state index in [0.717, 1.165) is 12.1 Å². The first kappa shape index (κ1) is 26.3. The second-order valence-electron chi connectivity index (χ2n) is 4.76. The molecule has 22 heteroatoms. The summed E-state index contributed by atoms with van der Waals surface area (Å²) < 4.78 is 113. The molecule has 1 aromatic rings. The zero-order valence-electron chi connectivity index (χ0n) is 14.3. The summed E-state index contributed by atoms with van der Waals surface area (Å²) in [5.74, 6) is 0. The zero-order chi connectivity index (χ0) is 24.3. The SMILES string of the molecule is NC(=O)N(C(OS(=O)(=O)OS(=O)(=O)OC(=O)O)S(=O)(=O)O)S(=O)(=O)Nc1ccccc1. The zero-order valence-corrected chi connectivity index (χ0v) is 17.6. The second-order valence-corrected chi connectivity index (χ2v) is 10.3. The van der Waals surface area contributed by atoms with Crippen LogP contribution in [-0.2, 0) is 53.1 Å². The van der Waals surface area contributed by atoms with Crippen LogP contribution >= 0.6 is 0 Å². The van der Waals surface area contributed by atoms with Crippen molar-refractivity contribution in [3.8, 4) is 0 Å². The molecule has 18 nitrogen and oxygen atoms in total. The van der Waals surface area contributed by atoms with Gasteiger partial charge in [0.2, 0.25) is 0 Å². The van der Waals surface area contributed by atoms with Crippen molar-refractivity contribution in [1.29, 1.82) is 0 Å². The van der Waals surface area contributed by atoms with Crippen molar-refractivity contribution in [1.82, 2.24) is 4.31 Å². The van der Waals surface area contributed by atoms with Crippen molar-refractivity contribution in [2.45, 2.75) is 5.56 Å². The number of carbonyl (C=O) groups excluding carboxylic acids is 1. The van der Waals surface area contributed by atoms with Crippen molar-refractivity contribution in [3.05, 3.63) is 30.3 Å². The molecule has 0 bridgehead atoms. The maximum absolute atomic E-state index is 12.3. The van der Waals surface area contributed by atoms with E-state index in [1.165, 1.54) is 18.2 Å². The normalized spacial score (nSPS) is 13.7. The summed E-state index contributed by atoms with van der Waals surface area (Å²) in [5.41, 5.74) is 0.682. The van der Waals surface area contributed by atoms with Crippen LogP contribution in [0.25, 0.3) is 0 Å². The number of benzene rings is 1.